The summed E-state index contributed by atoms with van der Waals surface area (Å²) in [6, 6.07) is 10.0. The minimum atomic E-state index is -0.557. The molecule has 4 N–H and O–H groups in total. The molecule has 1 amide bonds. The minimum Gasteiger partial charge on any atom is -0.447 e. The summed E-state index contributed by atoms with van der Waals surface area (Å²) in [6.45, 7) is 0.538. The molecule has 1 saturated heterocycles. The molecule has 0 bridgehead atoms. The molecule has 0 radical (unpaired) electrons. The number of aromatic nitrogens is 5. The molecule has 0 spiro atoms. The van der Waals surface area contributed by atoms with Crippen LogP contribution in [-0.4, -0.2) is 43.8 Å². The molecule has 1 aromatic carbocycles. The Balaban J connectivity index is 1.61. The second-order valence-electron chi connectivity index (χ2n) is 6.90. The minimum absolute atomic E-state index is 0.0297. The van der Waals surface area contributed by atoms with Gasteiger partial charge in [-0.05, 0) is 23.8 Å². The van der Waals surface area contributed by atoms with Crippen LogP contribution in [-0.2, 0) is 11.2 Å². The van der Waals surface area contributed by atoms with Gasteiger partial charge in [-0.3, -0.25) is 4.90 Å². The Hall–Kier alpha value is -4.28. The molecule has 1 aliphatic rings. The van der Waals surface area contributed by atoms with Crippen LogP contribution in [0.1, 0.15) is 11.4 Å². The lowest BCUT2D eigenvalue weighted by Crippen LogP contribution is -2.26. The van der Waals surface area contributed by atoms with E-state index in [1.807, 2.05) is 0 Å². The van der Waals surface area contributed by atoms with Crippen LogP contribution in [0.15, 0.2) is 42.6 Å². The van der Waals surface area contributed by atoms with Crippen LogP contribution in [0, 0.1) is 5.82 Å². The molecule has 11 heteroatoms. The topological polar surface area (TPSA) is 138 Å². The zero-order valence-electron chi connectivity index (χ0n) is 16.2. The summed E-state index contributed by atoms with van der Waals surface area (Å²) >= 11 is 0. The van der Waals surface area contributed by atoms with Crippen molar-refractivity contribution in [3.63, 3.8) is 0 Å². The van der Waals surface area contributed by atoms with Crippen LogP contribution in [0.5, 0.6) is 0 Å². The number of nitrogens with zero attached hydrogens (tertiary/aromatic N) is 6. The largest absolute Gasteiger partial charge is 0.447 e. The zero-order valence-corrected chi connectivity index (χ0v) is 16.2. The summed E-state index contributed by atoms with van der Waals surface area (Å²) in [5.41, 5.74) is 13.9. The molecule has 5 rings (SSSR count). The van der Waals surface area contributed by atoms with E-state index in [0.717, 1.165) is 0 Å². The average molecular weight is 420 g/mol. The van der Waals surface area contributed by atoms with Crippen LogP contribution in [0.3, 0.4) is 0 Å². The summed E-state index contributed by atoms with van der Waals surface area (Å²) in [5.74, 6) is 0.410. The summed E-state index contributed by atoms with van der Waals surface area (Å²) in [4.78, 5) is 26.5. The van der Waals surface area contributed by atoms with Gasteiger partial charge >= 0.3 is 6.09 Å². The molecule has 1 aliphatic heterocycles. The van der Waals surface area contributed by atoms with Crippen molar-refractivity contribution in [2.45, 2.75) is 6.42 Å². The number of benzene rings is 1. The zero-order chi connectivity index (χ0) is 21.5. The summed E-state index contributed by atoms with van der Waals surface area (Å²) in [5, 5.41) is 4.33. The molecule has 0 unspecified atom stereocenters. The van der Waals surface area contributed by atoms with Gasteiger partial charge in [0.25, 0.3) is 0 Å². The molecule has 31 heavy (non-hydrogen) atoms. The second kappa shape index (κ2) is 7.20. The summed E-state index contributed by atoms with van der Waals surface area (Å²) < 4.78 is 20.7. The van der Waals surface area contributed by atoms with Gasteiger partial charge in [-0.2, -0.15) is 5.10 Å². The maximum absolute atomic E-state index is 14.2. The predicted octanol–water partition coefficient (Wildman–Crippen LogP) is 2.04. The number of rotatable bonds is 4. The second-order valence-corrected chi connectivity index (χ2v) is 6.90. The fourth-order valence-corrected chi connectivity index (χ4v) is 3.55. The van der Waals surface area contributed by atoms with E-state index < -0.39 is 6.09 Å². The lowest BCUT2D eigenvalue weighted by Gasteiger charge is -2.16. The van der Waals surface area contributed by atoms with Gasteiger partial charge in [-0.1, -0.05) is 18.2 Å². The highest BCUT2D eigenvalue weighted by Crippen LogP contribution is 2.33. The number of halogens is 1. The number of carbonyl (C=O) groups is 1. The smallest absolute Gasteiger partial charge is 0.414 e. The number of imidazole rings is 1. The lowest BCUT2D eigenvalue weighted by molar-refractivity contribution is 0.181. The number of cyclic esters (lactones) is 1. The van der Waals surface area contributed by atoms with E-state index in [9.17, 15) is 9.18 Å². The van der Waals surface area contributed by atoms with Crippen molar-refractivity contribution in [1.82, 2.24) is 24.6 Å². The quantitative estimate of drug-likeness (QED) is 0.512. The van der Waals surface area contributed by atoms with Gasteiger partial charge < -0.3 is 16.2 Å². The first-order chi connectivity index (χ1) is 15.0. The number of nitrogens with two attached hydrogens (primary N) is 2. The van der Waals surface area contributed by atoms with E-state index in [4.69, 9.17) is 16.2 Å². The Morgan fingerprint density at radius 1 is 1.06 bits per heavy atom. The summed E-state index contributed by atoms with van der Waals surface area (Å²) in [7, 11) is 0. The molecule has 0 saturated carbocycles. The molecule has 156 valence electrons. The van der Waals surface area contributed by atoms with Crippen LogP contribution in [0.25, 0.3) is 17.0 Å². The molecule has 4 aromatic rings. The molecule has 1 fully saturated rings. The number of hydrogen-bond donors (Lipinski definition) is 2. The Bertz CT molecular complexity index is 1300. The first-order valence-electron chi connectivity index (χ1n) is 9.46. The highest BCUT2D eigenvalue weighted by atomic mass is 19.1. The van der Waals surface area contributed by atoms with Gasteiger partial charge in [0.2, 0.25) is 0 Å². The Labute approximate surface area is 175 Å². The molecular weight excluding hydrogens is 403 g/mol. The number of hydrogen-bond acceptors (Lipinski definition) is 8. The van der Waals surface area contributed by atoms with Crippen LogP contribution >= 0.6 is 0 Å². The Morgan fingerprint density at radius 3 is 2.55 bits per heavy atom. The third-order valence-electron chi connectivity index (χ3n) is 4.97. The van der Waals surface area contributed by atoms with Crippen molar-refractivity contribution >= 4 is 28.9 Å². The number of amides is 1. The molecule has 4 heterocycles. The number of anilines is 3. The summed E-state index contributed by atoms with van der Waals surface area (Å²) in [6.07, 6.45) is 1.27. The van der Waals surface area contributed by atoms with Crippen molar-refractivity contribution in [1.29, 1.82) is 0 Å². The van der Waals surface area contributed by atoms with Crippen LogP contribution in [0.2, 0.25) is 0 Å². The highest BCUT2D eigenvalue weighted by molar-refractivity contribution is 5.96. The molecule has 0 atom stereocenters. The lowest BCUT2D eigenvalue weighted by atomic mass is 10.1. The fourth-order valence-electron chi connectivity index (χ4n) is 3.55. The van der Waals surface area contributed by atoms with Gasteiger partial charge in [-0.25, -0.2) is 28.7 Å². The molecule has 10 nitrogen and oxygen atoms in total. The normalized spacial score (nSPS) is 13.7. The van der Waals surface area contributed by atoms with Crippen LogP contribution in [0.4, 0.5) is 26.5 Å². The first-order valence-corrected chi connectivity index (χ1v) is 9.46. The average Bonchev–Trinajstić information content (AvgIpc) is 3.33. The van der Waals surface area contributed by atoms with Gasteiger partial charge in [0.05, 0.1) is 12.1 Å². The van der Waals surface area contributed by atoms with Gasteiger partial charge in [0.15, 0.2) is 17.5 Å². The van der Waals surface area contributed by atoms with E-state index in [1.54, 1.807) is 41.0 Å². The molecule has 3 aromatic heterocycles. The van der Waals surface area contributed by atoms with Gasteiger partial charge in [0, 0.05) is 12.6 Å². The van der Waals surface area contributed by atoms with Crippen molar-refractivity contribution in [2.24, 2.45) is 0 Å². The molecular formula is C20H17FN8O2. The number of fused-ring (bicyclic) bond motifs is 1. The number of nitrogen functional groups attached to an aromatic ring is 2. The van der Waals surface area contributed by atoms with Gasteiger partial charge in [0.1, 0.15) is 29.6 Å². The fraction of sp³-hybridized carbons (Fsp3) is 0.150. The molecule has 0 aliphatic carbocycles. The van der Waals surface area contributed by atoms with E-state index in [-0.39, 0.29) is 42.0 Å². The highest BCUT2D eigenvalue weighted by Gasteiger charge is 2.29. The van der Waals surface area contributed by atoms with Gasteiger partial charge in [-0.15, -0.1) is 0 Å². The maximum atomic E-state index is 14.2. The standard InChI is InChI=1S/C20H17FN8O2/c21-12-5-2-1-4-11(12)10-14-25-15(13-6-3-7-24-29(13)14)19-26-17(22)16(18(23)27-19)28-8-9-31-20(28)30/h1-7H,8-10H2,(H4,22,23,26,27). The van der Waals surface area contributed by atoms with Crippen LogP contribution < -0.4 is 16.4 Å². The maximum Gasteiger partial charge on any atom is 0.414 e. The van der Waals surface area contributed by atoms with Crippen molar-refractivity contribution in [2.75, 3.05) is 29.5 Å². The Morgan fingerprint density at radius 2 is 1.84 bits per heavy atom. The number of ether oxygens (including phenoxy) is 1. The monoisotopic (exact) mass is 420 g/mol. The van der Waals surface area contributed by atoms with Crippen molar-refractivity contribution < 1.29 is 13.9 Å². The predicted molar refractivity (Wildman–Crippen MR) is 111 cm³/mol. The van der Waals surface area contributed by atoms with E-state index in [2.05, 4.69) is 20.1 Å². The number of carbonyl (C=O) groups excluding carboxylic acids is 1. The van der Waals surface area contributed by atoms with E-state index in [0.29, 0.717) is 29.1 Å². The third kappa shape index (κ3) is 3.16. The third-order valence-corrected chi connectivity index (χ3v) is 4.97. The first kappa shape index (κ1) is 18.7. The van der Waals surface area contributed by atoms with E-state index in [1.165, 1.54) is 11.0 Å². The van der Waals surface area contributed by atoms with Crippen molar-refractivity contribution in [3.05, 3.63) is 59.8 Å². The van der Waals surface area contributed by atoms with Crippen molar-refractivity contribution in [3.8, 4) is 11.5 Å². The Kier molecular flexibility index (Phi) is 4.35. The SMILES string of the molecule is Nc1nc(-c2nc(Cc3ccccc3F)n3ncccc23)nc(N)c1N1CCOC1=O. The van der Waals surface area contributed by atoms with E-state index >= 15 is 0 Å².